The summed E-state index contributed by atoms with van der Waals surface area (Å²) >= 11 is 12.9. The van der Waals surface area contributed by atoms with Gasteiger partial charge in [-0.1, -0.05) is 39.7 Å². The molecule has 0 radical (unpaired) electrons. The van der Waals surface area contributed by atoms with Crippen LogP contribution in [0.4, 0.5) is 0 Å². The summed E-state index contributed by atoms with van der Waals surface area (Å²) in [5.74, 6) is 0.792. The molecule has 2 nitrogen and oxygen atoms in total. The van der Waals surface area contributed by atoms with Gasteiger partial charge in [0.1, 0.15) is 5.75 Å². The number of benzene rings is 2. The predicted octanol–water partition coefficient (Wildman–Crippen LogP) is 4.92. The second-order valence-corrected chi connectivity index (χ2v) is 6.15. The van der Waals surface area contributed by atoms with Crippen LogP contribution in [0.15, 0.2) is 45.3 Å². The molecule has 0 bridgehead atoms. The molecule has 0 aromatic heterocycles. The van der Waals surface area contributed by atoms with E-state index in [0.29, 0.717) is 5.02 Å². The lowest BCUT2D eigenvalue weighted by Crippen LogP contribution is -2.12. The molecule has 1 unspecified atom stereocenters. The molecule has 0 aliphatic heterocycles. The smallest absolute Gasteiger partial charge is 0.120 e. The van der Waals surface area contributed by atoms with Crippen molar-refractivity contribution in [3.63, 3.8) is 0 Å². The highest BCUT2D eigenvalue weighted by Crippen LogP contribution is 2.32. The second-order valence-electron chi connectivity index (χ2n) is 4.04. The Morgan fingerprint density at radius 2 is 1.84 bits per heavy atom. The van der Waals surface area contributed by atoms with Crippen LogP contribution in [0.5, 0.6) is 5.75 Å². The topological polar surface area (TPSA) is 35.2 Å². The number of hydrogen-bond acceptors (Lipinski definition) is 2. The average Bonchev–Trinajstić information content (AvgIpc) is 2.41. The van der Waals surface area contributed by atoms with Crippen molar-refractivity contribution in [2.45, 2.75) is 6.04 Å². The minimum absolute atomic E-state index is 0.228. The van der Waals surface area contributed by atoms with Gasteiger partial charge in [-0.05, 0) is 51.3 Å². The SMILES string of the molecule is COc1ccc(C(N)c2ccc(Cl)c(Br)c2)c(Br)c1. The Balaban J connectivity index is 2.38. The van der Waals surface area contributed by atoms with Gasteiger partial charge in [-0.25, -0.2) is 0 Å². The largest absolute Gasteiger partial charge is 0.497 e. The molecule has 100 valence electrons. The van der Waals surface area contributed by atoms with Crippen LogP contribution in [0.25, 0.3) is 0 Å². The van der Waals surface area contributed by atoms with Gasteiger partial charge in [0.05, 0.1) is 18.2 Å². The molecule has 0 spiro atoms. The van der Waals surface area contributed by atoms with Crippen LogP contribution < -0.4 is 10.5 Å². The normalized spacial score (nSPS) is 12.3. The van der Waals surface area contributed by atoms with Gasteiger partial charge >= 0.3 is 0 Å². The van der Waals surface area contributed by atoms with E-state index in [-0.39, 0.29) is 6.04 Å². The van der Waals surface area contributed by atoms with Gasteiger partial charge in [-0.2, -0.15) is 0 Å². The first kappa shape index (κ1) is 14.9. The van der Waals surface area contributed by atoms with Crippen molar-refractivity contribution in [2.75, 3.05) is 7.11 Å². The molecule has 0 fully saturated rings. The Hall–Kier alpha value is -0.550. The van der Waals surface area contributed by atoms with Gasteiger partial charge < -0.3 is 10.5 Å². The van der Waals surface area contributed by atoms with E-state index in [1.807, 2.05) is 36.4 Å². The Labute approximate surface area is 134 Å². The highest BCUT2D eigenvalue weighted by molar-refractivity contribution is 9.10. The van der Waals surface area contributed by atoms with Crippen LogP contribution >= 0.6 is 43.5 Å². The van der Waals surface area contributed by atoms with Gasteiger partial charge in [0.15, 0.2) is 0 Å². The summed E-state index contributed by atoms with van der Waals surface area (Å²) in [7, 11) is 1.64. The lowest BCUT2D eigenvalue weighted by molar-refractivity contribution is 0.414. The average molecular weight is 406 g/mol. The molecule has 0 aliphatic carbocycles. The summed E-state index contributed by atoms with van der Waals surface area (Å²) in [5, 5.41) is 0.671. The van der Waals surface area contributed by atoms with Crippen LogP contribution in [0.3, 0.4) is 0 Å². The maximum Gasteiger partial charge on any atom is 0.120 e. The number of rotatable bonds is 3. The molecule has 2 rings (SSSR count). The zero-order valence-corrected chi connectivity index (χ0v) is 14.1. The number of nitrogens with two attached hydrogens (primary N) is 1. The monoisotopic (exact) mass is 403 g/mol. The van der Waals surface area contributed by atoms with E-state index in [1.165, 1.54) is 0 Å². The molecule has 0 saturated heterocycles. The van der Waals surface area contributed by atoms with E-state index < -0.39 is 0 Å². The minimum atomic E-state index is -0.228. The molecule has 2 aromatic rings. The van der Waals surface area contributed by atoms with Crippen molar-refractivity contribution in [3.8, 4) is 5.75 Å². The molecule has 5 heteroatoms. The first-order chi connectivity index (χ1) is 9.02. The fraction of sp³-hybridized carbons (Fsp3) is 0.143. The summed E-state index contributed by atoms with van der Waals surface area (Å²) in [6, 6.07) is 11.2. The number of methoxy groups -OCH3 is 1. The highest BCUT2D eigenvalue weighted by atomic mass is 79.9. The Bertz CT molecular complexity index is 604. The molecule has 1 atom stereocenters. The zero-order valence-electron chi connectivity index (χ0n) is 10.2. The van der Waals surface area contributed by atoms with Crippen molar-refractivity contribution < 1.29 is 4.74 Å². The van der Waals surface area contributed by atoms with Crippen LogP contribution in [-0.2, 0) is 0 Å². The number of halogens is 3. The van der Waals surface area contributed by atoms with Crippen molar-refractivity contribution in [3.05, 3.63) is 61.5 Å². The zero-order chi connectivity index (χ0) is 14.0. The molecule has 0 aliphatic rings. The fourth-order valence-electron chi connectivity index (χ4n) is 1.77. The van der Waals surface area contributed by atoms with E-state index in [1.54, 1.807) is 7.11 Å². The van der Waals surface area contributed by atoms with E-state index >= 15 is 0 Å². The Kier molecular flexibility index (Phi) is 4.90. The first-order valence-corrected chi connectivity index (χ1v) is 7.53. The lowest BCUT2D eigenvalue weighted by atomic mass is 10.00. The van der Waals surface area contributed by atoms with Crippen LogP contribution in [0.1, 0.15) is 17.2 Å². The number of hydrogen-bond donors (Lipinski definition) is 1. The molecule has 0 heterocycles. The third-order valence-corrected chi connectivity index (χ3v) is 4.75. The summed E-state index contributed by atoms with van der Waals surface area (Å²) in [5.41, 5.74) is 8.28. The quantitative estimate of drug-likeness (QED) is 0.787. The van der Waals surface area contributed by atoms with Crippen molar-refractivity contribution in [1.29, 1.82) is 0 Å². The summed E-state index contributed by atoms with van der Waals surface area (Å²) in [6.07, 6.45) is 0. The van der Waals surface area contributed by atoms with Gasteiger partial charge in [-0.3, -0.25) is 0 Å². The first-order valence-electron chi connectivity index (χ1n) is 5.57. The molecular formula is C14H12Br2ClNO. The maximum atomic E-state index is 6.29. The van der Waals surface area contributed by atoms with Gasteiger partial charge in [-0.15, -0.1) is 0 Å². The third kappa shape index (κ3) is 3.31. The van der Waals surface area contributed by atoms with Crippen molar-refractivity contribution in [1.82, 2.24) is 0 Å². The van der Waals surface area contributed by atoms with E-state index in [0.717, 1.165) is 25.8 Å². The van der Waals surface area contributed by atoms with Gasteiger partial charge in [0.25, 0.3) is 0 Å². The minimum Gasteiger partial charge on any atom is -0.497 e. The molecule has 2 N–H and O–H groups in total. The molecule has 0 amide bonds. The maximum absolute atomic E-state index is 6.29. The molecule has 0 saturated carbocycles. The second kappa shape index (κ2) is 6.27. The van der Waals surface area contributed by atoms with E-state index in [4.69, 9.17) is 22.1 Å². The summed E-state index contributed by atoms with van der Waals surface area (Å²) < 4.78 is 6.94. The third-order valence-electron chi connectivity index (χ3n) is 2.85. The van der Waals surface area contributed by atoms with E-state index in [2.05, 4.69) is 31.9 Å². The fourth-order valence-corrected chi connectivity index (χ4v) is 2.89. The van der Waals surface area contributed by atoms with Crippen molar-refractivity contribution >= 4 is 43.5 Å². The number of ether oxygens (including phenoxy) is 1. The highest BCUT2D eigenvalue weighted by Gasteiger charge is 2.14. The molecular weight excluding hydrogens is 393 g/mol. The van der Waals surface area contributed by atoms with Crippen LogP contribution in [0.2, 0.25) is 5.02 Å². The van der Waals surface area contributed by atoms with Gasteiger partial charge in [0.2, 0.25) is 0 Å². The summed E-state index contributed by atoms with van der Waals surface area (Å²) in [4.78, 5) is 0. The summed E-state index contributed by atoms with van der Waals surface area (Å²) in [6.45, 7) is 0. The van der Waals surface area contributed by atoms with E-state index in [9.17, 15) is 0 Å². The predicted molar refractivity (Wildman–Crippen MR) is 85.9 cm³/mol. The Morgan fingerprint density at radius 1 is 1.11 bits per heavy atom. The Morgan fingerprint density at radius 3 is 2.42 bits per heavy atom. The molecule has 19 heavy (non-hydrogen) atoms. The van der Waals surface area contributed by atoms with Crippen molar-refractivity contribution in [2.24, 2.45) is 5.73 Å². The van der Waals surface area contributed by atoms with Crippen LogP contribution in [-0.4, -0.2) is 7.11 Å². The molecule has 2 aromatic carbocycles. The standard InChI is InChI=1S/C14H12Br2ClNO/c1-19-9-3-4-10(11(15)7-9)14(18)8-2-5-13(17)12(16)6-8/h2-7,14H,18H2,1H3. The van der Waals surface area contributed by atoms with Gasteiger partial charge in [0, 0.05) is 8.95 Å². The van der Waals surface area contributed by atoms with Crippen LogP contribution in [0, 0.1) is 0 Å². The lowest BCUT2D eigenvalue weighted by Gasteiger charge is -2.16.